The lowest BCUT2D eigenvalue weighted by Crippen LogP contribution is -2.01. The highest BCUT2D eigenvalue weighted by Crippen LogP contribution is 2.21. The van der Waals surface area contributed by atoms with Gasteiger partial charge in [-0.3, -0.25) is 4.79 Å². The summed E-state index contributed by atoms with van der Waals surface area (Å²) in [6.07, 6.45) is 1.71. The second-order valence-corrected chi connectivity index (χ2v) is 2.63. The van der Waals surface area contributed by atoms with Crippen molar-refractivity contribution < 1.29 is 4.79 Å². The molecule has 0 radical (unpaired) electrons. The number of anilines is 1. The third kappa shape index (κ3) is 0.808. The Labute approximate surface area is 64.5 Å². The lowest BCUT2D eigenvalue weighted by molar-refractivity contribution is 0.101. The van der Waals surface area contributed by atoms with Crippen LogP contribution < -0.4 is 5.32 Å². The molecule has 56 valence electrons. The number of fused-ring (bicyclic) bond motifs is 1. The van der Waals surface area contributed by atoms with Crippen LogP contribution in [0.2, 0.25) is 0 Å². The van der Waals surface area contributed by atoms with Crippen LogP contribution in [0.25, 0.3) is 0 Å². The summed E-state index contributed by atoms with van der Waals surface area (Å²) in [7, 11) is 0. The fourth-order valence-corrected chi connectivity index (χ4v) is 1.30. The van der Waals surface area contributed by atoms with Crippen LogP contribution in [-0.4, -0.2) is 17.3 Å². The maximum Gasteiger partial charge on any atom is 0.185 e. The summed E-state index contributed by atoms with van der Waals surface area (Å²) in [6.45, 7) is 2.32. The predicted octanol–water partition coefficient (Wildman–Crippen LogP) is 0.998. The molecule has 0 unspecified atom stereocenters. The molecule has 11 heavy (non-hydrogen) atoms. The minimum absolute atomic E-state index is 0.144. The maximum atomic E-state index is 11.2. The van der Waals surface area contributed by atoms with Gasteiger partial charge in [0.1, 0.15) is 5.82 Å². The molecule has 1 aliphatic rings. The molecule has 1 N–H and O–H groups in total. The van der Waals surface area contributed by atoms with E-state index in [1.165, 1.54) is 0 Å². The molecule has 0 saturated carbocycles. The first-order valence-electron chi connectivity index (χ1n) is 3.52. The molecular formula is C8H8N2O. The van der Waals surface area contributed by atoms with Crippen molar-refractivity contribution in [2.45, 2.75) is 6.92 Å². The lowest BCUT2D eigenvalue weighted by Gasteiger charge is -1.97. The highest BCUT2D eigenvalue weighted by Gasteiger charge is 2.21. The van der Waals surface area contributed by atoms with Gasteiger partial charge in [0.25, 0.3) is 0 Å². The van der Waals surface area contributed by atoms with Gasteiger partial charge in [0, 0.05) is 6.20 Å². The van der Waals surface area contributed by atoms with Crippen molar-refractivity contribution in [3.63, 3.8) is 0 Å². The van der Waals surface area contributed by atoms with Gasteiger partial charge >= 0.3 is 0 Å². The largest absolute Gasteiger partial charge is 0.362 e. The van der Waals surface area contributed by atoms with E-state index in [4.69, 9.17) is 0 Å². The normalized spacial score (nSPS) is 14.5. The Morgan fingerprint density at radius 1 is 1.64 bits per heavy atom. The minimum Gasteiger partial charge on any atom is -0.362 e. The van der Waals surface area contributed by atoms with Crippen LogP contribution in [0.1, 0.15) is 15.9 Å². The first-order chi connectivity index (χ1) is 5.29. The maximum absolute atomic E-state index is 11.2. The van der Waals surface area contributed by atoms with Crippen LogP contribution in [0.3, 0.4) is 0 Å². The van der Waals surface area contributed by atoms with Gasteiger partial charge in [0.15, 0.2) is 5.78 Å². The lowest BCUT2D eigenvalue weighted by atomic mass is 10.1. The molecule has 1 aliphatic heterocycles. The summed E-state index contributed by atoms with van der Waals surface area (Å²) < 4.78 is 0. The number of nitrogens with zero attached hydrogens (tertiary/aromatic N) is 1. The van der Waals surface area contributed by atoms with Gasteiger partial charge in [0.05, 0.1) is 12.1 Å². The molecular weight excluding hydrogens is 140 g/mol. The molecule has 1 aromatic rings. The second-order valence-electron chi connectivity index (χ2n) is 2.63. The molecule has 2 heterocycles. The number of carbonyl (C=O) groups excluding carboxylic acids is 1. The average Bonchev–Trinajstić information content (AvgIpc) is 2.34. The molecule has 0 bridgehead atoms. The van der Waals surface area contributed by atoms with Crippen molar-refractivity contribution in [1.82, 2.24) is 4.98 Å². The molecule has 0 aliphatic carbocycles. The van der Waals surface area contributed by atoms with Gasteiger partial charge in [-0.25, -0.2) is 4.98 Å². The van der Waals surface area contributed by atoms with E-state index in [-0.39, 0.29) is 5.78 Å². The molecule has 0 aromatic carbocycles. The number of pyridine rings is 1. The topological polar surface area (TPSA) is 42.0 Å². The molecule has 0 spiro atoms. The number of carbonyl (C=O) groups is 1. The van der Waals surface area contributed by atoms with Gasteiger partial charge in [0.2, 0.25) is 0 Å². The summed E-state index contributed by atoms with van der Waals surface area (Å²) in [4.78, 5) is 15.2. The van der Waals surface area contributed by atoms with Crippen molar-refractivity contribution in [2.75, 3.05) is 11.9 Å². The molecule has 0 atom stereocenters. The van der Waals surface area contributed by atoms with Gasteiger partial charge < -0.3 is 5.32 Å². The van der Waals surface area contributed by atoms with Gasteiger partial charge in [-0.05, 0) is 18.6 Å². The number of nitrogens with one attached hydrogen (secondary N) is 1. The van der Waals surface area contributed by atoms with E-state index in [0.717, 1.165) is 16.9 Å². The average molecular weight is 148 g/mol. The summed E-state index contributed by atoms with van der Waals surface area (Å²) in [5.74, 6) is 0.876. The predicted molar refractivity (Wildman–Crippen MR) is 41.8 cm³/mol. The summed E-state index contributed by atoms with van der Waals surface area (Å²) >= 11 is 0. The Bertz CT molecular complexity index is 320. The van der Waals surface area contributed by atoms with Crippen molar-refractivity contribution in [3.05, 3.63) is 23.4 Å². The fourth-order valence-electron chi connectivity index (χ4n) is 1.30. The quantitative estimate of drug-likeness (QED) is 0.596. The highest BCUT2D eigenvalue weighted by atomic mass is 16.1. The van der Waals surface area contributed by atoms with Crippen LogP contribution in [-0.2, 0) is 0 Å². The second kappa shape index (κ2) is 2.05. The van der Waals surface area contributed by atoms with Crippen LogP contribution in [0, 0.1) is 6.92 Å². The fraction of sp³-hybridized carbons (Fsp3) is 0.250. The van der Waals surface area contributed by atoms with Crippen LogP contribution in [0.5, 0.6) is 0 Å². The summed E-state index contributed by atoms with van der Waals surface area (Å²) in [5.41, 5.74) is 1.76. The van der Waals surface area contributed by atoms with E-state index in [1.807, 2.05) is 13.0 Å². The van der Waals surface area contributed by atoms with Gasteiger partial charge in [-0.15, -0.1) is 0 Å². The minimum atomic E-state index is 0.144. The number of hydrogen-bond acceptors (Lipinski definition) is 3. The Morgan fingerprint density at radius 2 is 2.45 bits per heavy atom. The standard InChI is InChI=1S/C8H8N2O/c1-5-2-3-9-8-7(5)6(11)4-10-8/h2-3H,4H2,1H3,(H,9,10). The Balaban J connectivity index is 2.68. The molecule has 0 saturated heterocycles. The number of aryl methyl sites for hydroxylation is 1. The molecule has 2 rings (SSSR count). The van der Waals surface area contributed by atoms with Crippen LogP contribution in [0.4, 0.5) is 5.82 Å². The van der Waals surface area contributed by atoms with E-state index < -0.39 is 0 Å². The Hall–Kier alpha value is -1.38. The van der Waals surface area contributed by atoms with Crippen molar-refractivity contribution >= 4 is 11.6 Å². The van der Waals surface area contributed by atoms with Crippen molar-refractivity contribution in [3.8, 4) is 0 Å². The number of aromatic nitrogens is 1. The SMILES string of the molecule is Cc1ccnc2c1C(=O)CN2. The monoisotopic (exact) mass is 148 g/mol. The molecule has 1 aromatic heterocycles. The Kier molecular flexibility index (Phi) is 1.18. The Morgan fingerprint density at radius 3 is 3.18 bits per heavy atom. The van der Waals surface area contributed by atoms with E-state index in [9.17, 15) is 4.79 Å². The van der Waals surface area contributed by atoms with E-state index >= 15 is 0 Å². The van der Waals surface area contributed by atoms with Crippen LogP contribution in [0.15, 0.2) is 12.3 Å². The number of rotatable bonds is 0. The summed E-state index contributed by atoms with van der Waals surface area (Å²) in [5, 5.41) is 2.93. The zero-order valence-corrected chi connectivity index (χ0v) is 6.22. The third-order valence-electron chi connectivity index (χ3n) is 1.85. The first-order valence-corrected chi connectivity index (χ1v) is 3.52. The highest BCUT2D eigenvalue weighted by molar-refractivity contribution is 6.08. The summed E-state index contributed by atoms with van der Waals surface area (Å²) in [6, 6.07) is 1.85. The molecule has 3 heteroatoms. The molecule has 0 fully saturated rings. The van der Waals surface area contributed by atoms with Crippen molar-refractivity contribution in [1.29, 1.82) is 0 Å². The number of hydrogen-bond donors (Lipinski definition) is 1. The third-order valence-corrected chi connectivity index (χ3v) is 1.85. The van der Waals surface area contributed by atoms with E-state index in [0.29, 0.717) is 6.54 Å². The molecule has 3 nitrogen and oxygen atoms in total. The number of Topliss-reactive ketones (excluding diaryl/α,β-unsaturated/α-hetero) is 1. The van der Waals surface area contributed by atoms with E-state index in [1.54, 1.807) is 6.20 Å². The van der Waals surface area contributed by atoms with E-state index in [2.05, 4.69) is 10.3 Å². The zero-order chi connectivity index (χ0) is 7.84. The molecule has 0 amide bonds. The van der Waals surface area contributed by atoms with Crippen molar-refractivity contribution in [2.24, 2.45) is 0 Å². The van der Waals surface area contributed by atoms with Gasteiger partial charge in [-0.1, -0.05) is 0 Å². The number of ketones is 1. The van der Waals surface area contributed by atoms with Crippen LogP contribution >= 0.6 is 0 Å². The smallest absolute Gasteiger partial charge is 0.185 e. The zero-order valence-electron chi connectivity index (χ0n) is 6.22. The first kappa shape index (κ1) is 6.34. The van der Waals surface area contributed by atoms with Gasteiger partial charge in [-0.2, -0.15) is 0 Å².